The number of rotatable bonds is 3. The average Bonchev–Trinajstić information content (AvgIpc) is 3.01. The molecule has 0 unspecified atom stereocenters. The maximum absolute atomic E-state index is 14.1. The number of primary amides is 1. The number of carbonyl (C=O) groups is 2. The molecule has 122 valence electrons. The molecule has 1 aromatic carbocycles. The molecule has 11 heteroatoms. The average molecular weight is 343 g/mol. The minimum absolute atomic E-state index is 0.0277. The molecule has 2 N–H and O–H groups in total. The summed E-state index contributed by atoms with van der Waals surface area (Å²) >= 11 is 0. The fourth-order valence-corrected chi connectivity index (χ4v) is 2.59. The molecule has 0 spiro atoms. The number of ether oxygens (including phenoxy) is 1. The zero-order valence-corrected chi connectivity index (χ0v) is 12.5. The molecule has 2 heterocycles. The summed E-state index contributed by atoms with van der Waals surface area (Å²) in [5.41, 5.74) is 4.65. The standard InChI is InChI=1S/C12H10FN3O6S/c1-23(19,20)11-15-9-6(13)2-5(3-7(9)21-11)16-4-8(10(14)17)22-12(16)18/h2-3,8H,4H2,1H3,(H2,14,17)/t8-/m1/s1. The summed E-state index contributed by atoms with van der Waals surface area (Å²) < 4.78 is 46.7. The van der Waals surface area contributed by atoms with Crippen LogP contribution in [0.5, 0.6) is 0 Å². The number of carbonyl (C=O) groups excluding carboxylic acids is 2. The first-order chi connectivity index (χ1) is 10.7. The number of aromatic nitrogens is 1. The van der Waals surface area contributed by atoms with Gasteiger partial charge in [0.1, 0.15) is 5.52 Å². The van der Waals surface area contributed by atoms with E-state index >= 15 is 0 Å². The summed E-state index contributed by atoms with van der Waals surface area (Å²) in [6.07, 6.45) is -1.16. The number of amides is 2. The summed E-state index contributed by atoms with van der Waals surface area (Å²) in [6, 6.07) is 2.19. The van der Waals surface area contributed by atoms with Gasteiger partial charge in [-0.3, -0.25) is 9.69 Å². The Morgan fingerprint density at radius 1 is 1.48 bits per heavy atom. The third kappa shape index (κ3) is 2.59. The van der Waals surface area contributed by atoms with Gasteiger partial charge in [0.05, 0.1) is 12.2 Å². The summed E-state index contributed by atoms with van der Waals surface area (Å²) in [5.74, 6) is -1.71. The first-order valence-electron chi connectivity index (χ1n) is 6.24. The number of halogens is 1. The molecule has 1 aliphatic rings. The Morgan fingerprint density at radius 3 is 2.74 bits per heavy atom. The number of cyclic esters (lactones) is 1. The van der Waals surface area contributed by atoms with E-state index in [1.165, 1.54) is 6.07 Å². The van der Waals surface area contributed by atoms with E-state index in [1.54, 1.807) is 0 Å². The number of hydrogen-bond donors (Lipinski definition) is 1. The predicted molar refractivity (Wildman–Crippen MR) is 73.9 cm³/mol. The molecule has 1 saturated heterocycles. The molecule has 0 saturated carbocycles. The first-order valence-corrected chi connectivity index (χ1v) is 8.13. The van der Waals surface area contributed by atoms with Crippen molar-refractivity contribution in [2.24, 2.45) is 5.73 Å². The van der Waals surface area contributed by atoms with Gasteiger partial charge in [-0.15, -0.1) is 0 Å². The lowest BCUT2D eigenvalue weighted by atomic mass is 10.2. The topological polar surface area (TPSA) is 133 Å². The number of nitrogens with zero attached hydrogens (tertiary/aromatic N) is 2. The molecular weight excluding hydrogens is 333 g/mol. The van der Waals surface area contributed by atoms with Crippen molar-refractivity contribution in [3.8, 4) is 0 Å². The van der Waals surface area contributed by atoms with Gasteiger partial charge in [-0.05, 0) is 0 Å². The highest BCUT2D eigenvalue weighted by Crippen LogP contribution is 2.29. The maximum Gasteiger partial charge on any atom is 0.415 e. The largest absolute Gasteiger partial charge is 0.434 e. The van der Waals surface area contributed by atoms with E-state index in [9.17, 15) is 22.4 Å². The summed E-state index contributed by atoms with van der Waals surface area (Å²) in [5, 5.41) is -0.637. The highest BCUT2D eigenvalue weighted by Gasteiger charge is 2.36. The second kappa shape index (κ2) is 4.91. The van der Waals surface area contributed by atoms with Gasteiger partial charge < -0.3 is 14.9 Å². The number of anilines is 1. The van der Waals surface area contributed by atoms with E-state index in [-0.39, 0.29) is 23.3 Å². The molecule has 1 atom stereocenters. The van der Waals surface area contributed by atoms with Gasteiger partial charge in [-0.25, -0.2) is 17.6 Å². The Balaban J connectivity index is 2.06. The molecule has 0 aliphatic carbocycles. The predicted octanol–water partition coefficient (Wildman–Crippen LogP) is 0.181. The molecule has 0 radical (unpaired) electrons. The third-order valence-corrected chi connectivity index (χ3v) is 3.98. The zero-order valence-electron chi connectivity index (χ0n) is 11.6. The minimum atomic E-state index is -3.75. The van der Waals surface area contributed by atoms with E-state index in [0.717, 1.165) is 17.2 Å². The second-order valence-electron chi connectivity index (χ2n) is 4.91. The van der Waals surface area contributed by atoms with Crippen molar-refractivity contribution in [1.29, 1.82) is 0 Å². The van der Waals surface area contributed by atoms with E-state index in [0.29, 0.717) is 0 Å². The van der Waals surface area contributed by atoms with Gasteiger partial charge in [-0.1, -0.05) is 0 Å². The molecule has 9 nitrogen and oxygen atoms in total. The lowest BCUT2D eigenvalue weighted by Gasteiger charge is -2.12. The summed E-state index contributed by atoms with van der Waals surface area (Å²) in [4.78, 5) is 27.4. The molecular formula is C12H10FN3O6S. The van der Waals surface area contributed by atoms with Crippen molar-refractivity contribution in [3.05, 3.63) is 17.9 Å². The highest BCUT2D eigenvalue weighted by molar-refractivity contribution is 7.90. The van der Waals surface area contributed by atoms with Gasteiger partial charge >= 0.3 is 11.3 Å². The van der Waals surface area contributed by atoms with Gasteiger partial charge in [-0.2, -0.15) is 4.98 Å². The van der Waals surface area contributed by atoms with Gasteiger partial charge in [0.25, 0.3) is 5.91 Å². The smallest absolute Gasteiger partial charge is 0.415 e. The number of hydrogen-bond acceptors (Lipinski definition) is 7. The Kier molecular flexibility index (Phi) is 3.25. The number of sulfone groups is 1. The number of nitrogens with two attached hydrogens (primary N) is 1. The van der Waals surface area contributed by atoms with Crippen molar-refractivity contribution >= 4 is 38.6 Å². The Morgan fingerprint density at radius 2 is 2.17 bits per heavy atom. The summed E-state index contributed by atoms with van der Waals surface area (Å²) in [6.45, 7) is -0.188. The maximum atomic E-state index is 14.1. The first kappa shape index (κ1) is 15.2. The Bertz CT molecular complexity index is 938. The molecule has 1 aliphatic heterocycles. The number of benzene rings is 1. The van der Waals surface area contributed by atoms with Crippen LogP contribution in [0, 0.1) is 5.82 Å². The van der Waals surface area contributed by atoms with Crippen molar-refractivity contribution in [2.75, 3.05) is 17.7 Å². The fourth-order valence-electron chi connectivity index (χ4n) is 2.09. The molecule has 2 amide bonds. The molecule has 1 fully saturated rings. The van der Waals surface area contributed by atoms with Crippen LogP contribution in [-0.4, -0.2) is 44.3 Å². The molecule has 23 heavy (non-hydrogen) atoms. The van der Waals surface area contributed by atoms with Crippen molar-refractivity contribution in [3.63, 3.8) is 0 Å². The van der Waals surface area contributed by atoms with E-state index in [4.69, 9.17) is 14.9 Å². The number of fused-ring (bicyclic) bond motifs is 1. The zero-order chi connectivity index (χ0) is 16.9. The monoisotopic (exact) mass is 343 g/mol. The van der Waals surface area contributed by atoms with Crippen LogP contribution >= 0.6 is 0 Å². The van der Waals surface area contributed by atoms with Crippen LogP contribution in [0.25, 0.3) is 11.1 Å². The van der Waals surface area contributed by atoms with Crippen LogP contribution in [-0.2, 0) is 19.4 Å². The number of oxazole rings is 1. The minimum Gasteiger partial charge on any atom is -0.434 e. The van der Waals surface area contributed by atoms with Gasteiger partial charge in [0.15, 0.2) is 17.5 Å². The van der Waals surface area contributed by atoms with Crippen molar-refractivity contribution in [1.82, 2.24) is 4.98 Å². The Labute approximate surface area is 128 Å². The lowest BCUT2D eigenvalue weighted by molar-refractivity contribution is -0.124. The van der Waals surface area contributed by atoms with Gasteiger partial charge in [0, 0.05) is 18.4 Å². The van der Waals surface area contributed by atoms with E-state index in [2.05, 4.69) is 4.98 Å². The molecule has 0 bridgehead atoms. The van der Waals surface area contributed by atoms with E-state index in [1.807, 2.05) is 0 Å². The SMILES string of the molecule is CS(=O)(=O)c1nc2c(F)cc(N3C[C@H](C(N)=O)OC3=O)cc2o1. The quantitative estimate of drug-likeness (QED) is 0.840. The lowest BCUT2D eigenvalue weighted by Crippen LogP contribution is -2.32. The third-order valence-electron chi connectivity index (χ3n) is 3.17. The van der Waals surface area contributed by atoms with Gasteiger partial charge in [0.2, 0.25) is 9.84 Å². The summed E-state index contributed by atoms with van der Waals surface area (Å²) in [7, 11) is -3.75. The van der Waals surface area contributed by atoms with E-state index < -0.39 is 39.0 Å². The molecule has 1 aromatic heterocycles. The van der Waals surface area contributed by atoms with Crippen LogP contribution in [0.15, 0.2) is 21.8 Å². The fraction of sp³-hybridized carbons (Fsp3) is 0.250. The molecule has 2 aromatic rings. The van der Waals surface area contributed by atoms with Crippen molar-refractivity contribution in [2.45, 2.75) is 11.3 Å². The molecule has 3 rings (SSSR count). The van der Waals surface area contributed by atoms with Crippen LogP contribution in [0.3, 0.4) is 0 Å². The van der Waals surface area contributed by atoms with Crippen molar-refractivity contribution < 1.29 is 31.6 Å². The normalized spacial score (nSPS) is 18.4. The van der Waals surface area contributed by atoms with Crippen LogP contribution in [0.1, 0.15) is 0 Å². The van der Waals surface area contributed by atoms with Crippen LogP contribution < -0.4 is 10.6 Å². The second-order valence-corrected chi connectivity index (χ2v) is 6.81. The van der Waals surface area contributed by atoms with Crippen LogP contribution in [0.2, 0.25) is 0 Å². The van der Waals surface area contributed by atoms with Crippen LogP contribution in [0.4, 0.5) is 14.9 Å². The Hall–Kier alpha value is -2.69. The highest BCUT2D eigenvalue weighted by atomic mass is 32.2.